The van der Waals surface area contributed by atoms with Gasteiger partial charge in [-0.1, -0.05) is 12.1 Å². The first kappa shape index (κ1) is 21.1. The van der Waals surface area contributed by atoms with Crippen molar-refractivity contribution in [2.45, 2.75) is 19.3 Å². The number of aromatic amines is 1. The van der Waals surface area contributed by atoms with Crippen molar-refractivity contribution in [2.24, 2.45) is 0 Å². The Morgan fingerprint density at radius 2 is 1.77 bits per heavy atom. The summed E-state index contributed by atoms with van der Waals surface area (Å²) in [6, 6.07) is 5.86. The maximum atomic E-state index is 13.4. The number of anilines is 1. The molecule has 0 aliphatic rings. The highest BCUT2D eigenvalue weighted by atomic mass is 19.4. The number of hydrogen-bond acceptors (Lipinski definition) is 3. The maximum absolute atomic E-state index is 13.4. The van der Waals surface area contributed by atoms with Crippen LogP contribution in [-0.2, 0) is 9.59 Å². The largest absolute Gasteiger partial charge is 0.573 e. The van der Waals surface area contributed by atoms with Gasteiger partial charge in [0.25, 0.3) is 0 Å². The summed E-state index contributed by atoms with van der Waals surface area (Å²) in [6.45, 7) is 1.46. The highest BCUT2D eigenvalue weighted by molar-refractivity contribution is 6.40. The third kappa shape index (κ3) is 4.85. The number of carbonyl (C=O) groups excluding carboxylic acids is 2. The third-order valence-corrected chi connectivity index (χ3v) is 4.12. The molecule has 0 fully saturated rings. The van der Waals surface area contributed by atoms with Crippen LogP contribution in [0.4, 0.5) is 27.6 Å². The van der Waals surface area contributed by atoms with Crippen molar-refractivity contribution >= 4 is 28.4 Å². The molecule has 3 N–H and O–H groups in total. The molecule has 1 heterocycles. The molecule has 158 valence electrons. The second-order valence-electron chi connectivity index (χ2n) is 6.28. The number of H-pyrrole nitrogens is 1. The first-order valence-electron chi connectivity index (χ1n) is 8.47. The van der Waals surface area contributed by atoms with Gasteiger partial charge in [-0.2, -0.15) is 0 Å². The number of ether oxygens (including phenoxy) is 1. The van der Waals surface area contributed by atoms with Gasteiger partial charge in [-0.3, -0.25) is 9.59 Å². The van der Waals surface area contributed by atoms with E-state index in [2.05, 4.69) is 20.4 Å². The monoisotopic (exact) mass is 427 g/mol. The minimum Gasteiger partial charge on any atom is -0.406 e. The number of benzene rings is 2. The second kappa shape index (κ2) is 8.01. The fourth-order valence-corrected chi connectivity index (χ4v) is 2.73. The van der Waals surface area contributed by atoms with Gasteiger partial charge in [0.05, 0.1) is 17.2 Å². The standard InChI is InChI=1S/C19H14F5N3O3/c1-9(10-3-2-4-11(5-10)30-19(22,23)24)26-17(28)18(29)27-16-8-25-15-7-14(21)13(20)6-12(15)16/h2-9,25H,1H3,(H,26,28)(H,27,29). The first-order chi connectivity index (χ1) is 14.0. The Labute approximate surface area is 166 Å². The summed E-state index contributed by atoms with van der Waals surface area (Å²) >= 11 is 0. The highest BCUT2D eigenvalue weighted by Crippen LogP contribution is 2.27. The summed E-state index contributed by atoms with van der Waals surface area (Å²) in [5.41, 5.74) is 0.527. The number of aromatic nitrogens is 1. The van der Waals surface area contributed by atoms with E-state index in [9.17, 15) is 31.5 Å². The van der Waals surface area contributed by atoms with Crippen molar-refractivity contribution in [3.63, 3.8) is 0 Å². The molecule has 2 aromatic carbocycles. The fraction of sp³-hybridized carbons (Fsp3) is 0.158. The van der Waals surface area contributed by atoms with Gasteiger partial charge in [0, 0.05) is 17.6 Å². The van der Waals surface area contributed by atoms with E-state index in [1.54, 1.807) is 0 Å². The number of alkyl halides is 3. The lowest BCUT2D eigenvalue weighted by atomic mass is 10.1. The molecule has 1 atom stereocenters. The Kier molecular flexibility index (Phi) is 5.63. The van der Waals surface area contributed by atoms with Crippen LogP contribution in [0.5, 0.6) is 5.75 Å². The lowest BCUT2D eigenvalue weighted by Gasteiger charge is -2.16. The molecular weight excluding hydrogens is 413 g/mol. The zero-order valence-corrected chi connectivity index (χ0v) is 15.2. The first-order valence-corrected chi connectivity index (χ1v) is 8.47. The van der Waals surface area contributed by atoms with Gasteiger partial charge in [-0.15, -0.1) is 13.2 Å². The zero-order valence-electron chi connectivity index (χ0n) is 15.2. The van der Waals surface area contributed by atoms with Gasteiger partial charge >= 0.3 is 18.2 Å². The fourth-order valence-electron chi connectivity index (χ4n) is 2.73. The normalized spacial score (nSPS) is 12.5. The molecule has 30 heavy (non-hydrogen) atoms. The van der Waals surface area contributed by atoms with Crippen LogP contribution >= 0.6 is 0 Å². The Hall–Kier alpha value is -3.63. The van der Waals surface area contributed by atoms with Crippen LogP contribution in [-0.4, -0.2) is 23.2 Å². The lowest BCUT2D eigenvalue weighted by Crippen LogP contribution is -2.36. The number of rotatable bonds is 4. The predicted octanol–water partition coefficient (Wildman–Crippen LogP) is 4.16. The minimum atomic E-state index is -4.87. The summed E-state index contributed by atoms with van der Waals surface area (Å²) in [6.07, 6.45) is -3.61. The molecule has 0 radical (unpaired) electrons. The van der Waals surface area contributed by atoms with Crippen molar-refractivity contribution in [3.05, 3.63) is 59.8 Å². The quantitative estimate of drug-likeness (QED) is 0.432. The van der Waals surface area contributed by atoms with Gasteiger partial charge in [0.1, 0.15) is 5.75 Å². The van der Waals surface area contributed by atoms with Gasteiger partial charge in [-0.25, -0.2) is 8.78 Å². The van der Waals surface area contributed by atoms with E-state index in [0.717, 1.165) is 24.3 Å². The van der Waals surface area contributed by atoms with E-state index in [1.807, 2.05) is 0 Å². The van der Waals surface area contributed by atoms with Crippen LogP contribution in [0.1, 0.15) is 18.5 Å². The lowest BCUT2D eigenvalue weighted by molar-refractivity contribution is -0.274. The summed E-state index contributed by atoms with van der Waals surface area (Å²) in [5.74, 6) is -4.86. The van der Waals surface area contributed by atoms with Gasteiger partial charge in [-0.05, 0) is 30.7 Å². The van der Waals surface area contributed by atoms with Crippen LogP contribution in [0.15, 0.2) is 42.6 Å². The second-order valence-corrected chi connectivity index (χ2v) is 6.28. The molecule has 0 saturated carbocycles. The number of hydrogen-bond donors (Lipinski definition) is 3. The van der Waals surface area contributed by atoms with Crippen molar-refractivity contribution in [1.29, 1.82) is 0 Å². The number of nitrogens with one attached hydrogen (secondary N) is 3. The van der Waals surface area contributed by atoms with Gasteiger partial charge in [0.15, 0.2) is 11.6 Å². The molecule has 3 aromatic rings. The number of fused-ring (bicyclic) bond motifs is 1. The molecule has 3 rings (SSSR count). The van der Waals surface area contributed by atoms with Crippen molar-refractivity contribution in [3.8, 4) is 5.75 Å². The molecule has 11 heteroatoms. The molecule has 1 unspecified atom stereocenters. The molecule has 1 aromatic heterocycles. The van der Waals surface area contributed by atoms with Crippen LogP contribution in [0, 0.1) is 11.6 Å². The smallest absolute Gasteiger partial charge is 0.406 e. The summed E-state index contributed by atoms with van der Waals surface area (Å²) in [5, 5.41) is 4.75. The van der Waals surface area contributed by atoms with E-state index < -0.39 is 41.6 Å². The number of amides is 2. The zero-order chi connectivity index (χ0) is 22.1. The molecule has 0 spiro atoms. The topological polar surface area (TPSA) is 83.2 Å². The minimum absolute atomic E-state index is 0.0530. The predicted molar refractivity (Wildman–Crippen MR) is 96.5 cm³/mol. The van der Waals surface area contributed by atoms with Crippen LogP contribution in [0.25, 0.3) is 10.9 Å². The van der Waals surface area contributed by atoms with Gasteiger partial charge in [0.2, 0.25) is 0 Å². The Balaban J connectivity index is 1.68. The molecular formula is C19H14F5N3O3. The van der Waals surface area contributed by atoms with Crippen LogP contribution in [0.2, 0.25) is 0 Å². The SMILES string of the molecule is CC(NC(=O)C(=O)Nc1c[nH]c2cc(F)c(F)cc12)c1cccc(OC(F)(F)F)c1. The molecule has 0 aliphatic carbocycles. The molecule has 0 saturated heterocycles. The van der Waals surface area contributed by atoms with E-state index >= 15 is 0 Å². The van der Waals surface area contributed by atoms with Crippen molar-refractivity contribution < 1.29 is 36.3 Å². The summed E-state index contributed by atoms with van der Waals surface area (Å²) < 4.78 is 67.5. The van der Waals surface area contributed by atoms with Crippen molar-refractivity contribution in [1.82, 2.24) is 10.3 Å². The molecule has 2 amide bonds. The van der Waals surface area contributed by atoms with Crippen LogP contribution in [0.3, 0.4) is 0 Å². The molecule has 0 aliphatic heterocycles. The summed E-state index contributed by atoms with van der Waals surface area (Å²) in [4.78, 5) is 26.9. The number of carbonyl (C=O) groups is 2. The van der Waals surface area contributed by atoms with E-state index in [1.165, 1.54) is 25.3 Å². The highest BCUT2D eigenvalue weighted by Gasteiger charge is 2.31. The Morgan fingerprint density at radius 3 is 2.47 bits per heavy atom. The van der Waals surface area contributed by atoms with E-state index in [-0.39, 0.29) is 22.2 Å². The average Bonchev–Trinajstić information content (AvgIpc) is 3.02. The van der Waals surface area contributed by atoms with Crippen molar-refractivity contribution in [2.75, 3.05) is 5.32 Å². The molecule has 0 bridgehead atoms. The maximum Gasteiger partial charge on any atom is 0.573 e. The third-order valence-electron chi connectivity index (χ3n) is 4.12. The summed E-state index contributed by atoms with van der Waals surface area (Å²) in [7, 11) is 0. The van der Waals surface area contributed by atoms with E-state index in [4.69, 9.17) is 0 Å². The van der Waals surface area contributed by atoms with E-state index in [0.29, 0.717) is 0 Å². The number of halogens is 5. The molecule has 6 nitrogen and oxygen atoms in total. The van der Waals surface area contributed by atoms with Crippen LogP contribution < -0.4 is 15.4 Å². The average molecular weight is 427 g/mol. The Bertz CT molecular complexity index is 1110. The van der Waals surface area contributed by atoms with Gasteiger partial charge < -0.3 is 20.4 Å². The Morgan fingerprint density at radius 1 is 1.07 bits per heavy atom.